The minimum Gasteiger partial charge on any atom is -0.379 e. The van der Waals surface area contributed by atoms with Crippen molar-refractivity contribution in [1.82, 2.24) is 14.8 Å². The molecule has 0 saturated carbocycles. The molecule has 1 fully saturated rings. The van der Waals surface area contributed by atoms with E-state index in [-0.39, 0.29) is 34.3 Å². The number of nitrogens with two attached hydrogens (primary N) is 1. The summed E-state index contributed by atoms with van der Waals surface area (Å²) in [6, 6.07) is 3.51. The Morgan fingerprint density at radius 2 is 2.06 bits per heavy atom. The fourth-order valence-corrected chi connectivity index (χ4v) is 5.16. The summed E-state index contributed by atoms with van der Waals surface area (Å²) in [4.78, 5) is 19.2. The third-order valence-electron chi connectivity index (χ3n) is 5.86. The van der Waals surface area contributed by atoms with Crippen molar-refractivity contribution in [2.45, 2.75) is 25.5 Å². The first kappa shape index (κ1) is 23.3. The molecule has 33 heavy (non-hydrogen) atoms. The number of carbonyl (C=O) groups excluding carboxylic acids is 1. The zero-order chi connectivity index (χ0) is 23.7. The van der Waals surface area contributed by atoms with Gasteiger partial charge in [0.1, 0.15) is 28.0 Å². The average Bonchev–Trinajstić information content (AvgIpc) is 3.35. The highest BCUT2D eigenvalue weighted by Crippen LogP contribution is 2.32. The van der Waals surface area contributed by atoms with E-state index in [9.17, 15) is 13.6 Å². The molecule has 1 saturated heterocycles. The Balaban J connectivity index is 1.56. The maximum atomic E-state index is 14.1. The Bertz CT molecular complexity index is 1130. The van der Waals surface area contributed by atoms with E-state index in [0.717, 1.165) is 35.7 Å². The van der Waals surface area contributed by atoms with Crippen LogP contribution >= 0.6 is 11.3 Å². The molecule has 4 rings (SSSR count). The summed E-state index contributed by atoms with van der Waals surface area (Å²) in [7, 11) is 3.47. The van der Waals surface area contributed by atoms with Crippen molar-refractivity contribution in [2.24, 2.45) is 18.7 Å². The van der Waals surface area contributed by atoms with E-state index in [2.05, 4.69) is 27.2 Å². The van der Waals surface area contributed by atoms with Crippen LogP contribution in [0.15, 0.2) is 29.8 Å². The number of aromatic nitrogens is 3. The Morgan fingerprint density at radius 1 is 1.33 bits per heavy atom. The molecule has 1 amide bonds. The molecule has 3 heterocycles. The molecule has 1 aliphatic heterocycles. The summed E-state index contributed by atoms with van der Waals surface area (Å²) in [5.74, 6) is -1.03. The molecule has 0 aliphatic carbocycles. The van der Waals surface area contributed by atoms with Gasteiger partial charge in [0.15, 0.2) is 5.82 Å². The number of amides is 1. The van der Waals surface area contributed by atoms with Crippen molar-refractivity contribution in [3.63, 3.8) is 0 Å². The lowest BCUT2D eigenvalue weighted by Crippen LogP contribution is -2.40. The predicted octanol–water partition coefficient (Wildman–Crippen LogP) is 3.26. The molecule has 3 atom stereocenters. The van der Waals surface area contributed by atoms with Gasteiger partial charge in [-0.25, -0.2) is 13.8 Å². The van der Waals surface area contributed by atoms with E-state index in [1.807, 2.05) is 0 Å². The topological polar surface area (TPSA) is 98.3 Å². The van der Waals surface area contributed by atoms with Crippen LogP contribution in [0.25, 0.3) is 10.6 Å². The molecule has 0 spiro atoms. The van der Waals surface area contributed by atoms with Crippen LogP contribution in [-0.2, 0) is 11.8 Å². The van der Waals surface area contributed by atoms with Gasteiger partial charge in [0.25, 0.3) is 5.91 Å². The van der Waals surface area contributed by atoms with Gasteiger partial charge in [-0.2, -0.15) is 5.10 Å². The number of hydrogen-bond acceptors (Lipinski definition) is 7. The number of anilines is 2. The number of rotatable bonds is 5. The van der Waals surface area contributed by atoms with Gasteiger partial charge in [-0.1, -0.05) is 13.0 Å². The number of nitrogens with zero attached hydrogens (tertiary/aromatic N) is 4. The van der Waals surface area contributed by atoms with Crippen LogP contribution in [0.2, 0.25) is 0 Å². The van der Waals surface area contributed by atoms with Gasteiger partial charge in [0.05, 0.1) is 17.9 Å². The fraction of sp³-hybridized carbons (Fsp3) is 0.409. The molecule has 1 aromatic carbocycles. The van der Waals surface area contributed by atoms with Gasteiger partial charge < -0.3 is 20.7 Å². The van der Waals surface area contributed by atoms with Crippen molar-refractivity contribution in [1.29, 1.82) is 0 Å². The van der Waals surface area contributed by atoms with Crippen LogP contribution in [0.1, 0.15) is 23.8 Å². The fourth-order valence-electron chi connectivity index (χ4n) is 4.31. The van der Waals surface area contributed by atoms with Gasteiger partial charge in [0.2, 0.25) is 0 Å². The molecule has 3 aromatic rings. The highest BCUT2D eigenvalue weighted by molar-refractivity contribution is 7.13. The summed E-state index contributed by atoms with van der Waals surface area (Å²) < 4.78 is 35.5. The normalized spacial score (nSPS) is 21.2. The largest absolute Gasteiger partial charge is 0.379 e. The molecule has 0 unspecified atom stereocenters. The molecule has 8 nitrogen and oxygen atoms in total. The van der Waals surface area contributed by atoms with E-state index in [4.69, 9.17) is 10.5 Å². The minimum atomic E-state index is -0.728. The SMILES string of the molecule is CO[C@H]1[C@H](N)CCN(c2c(NC(=O)c3csc(-c4c(F)cccc4F)n3)cnn2C)C[C@@H]1C. The molecule has 3 N–H and O–H groups in total. The van der Waals surface area contributed by atoms with E-state index in [0.29, 0.717) is 18.8 Å². The smallest absolute Gasteiger partial charge is 0.275 e. The van der Waals surface area contributed by atoms with Crippen molar-refractivity contribution < 1.29 is 18.3 Å². The Hall–Kier alpha value is -2.89. The van der Waals surface area contributed by atoms with Crippen molar-refractivity contribution in [3.8, 4) is 10.6 Å². The van der Waals surface area contributed by atoms with E-state index >= 15 is 0 Å². The third-order valence-corrected chi connectivity index (χ3v) is 6.72. The standard InChI is InChI=1S/C22H26F2N6O2S/c1-12-10-30(8-7-15(25)19(12)32-3)22-16(9-26-29(22)2)27-20(31)17-11-33-21(28-17)18-13(23)5-4-6-14(18)24/h4-6,9,11-12,15,19H,7-8,10,25H2,1-3H3,(H,27,31)/t12-,15+,19+/m0/s1. The zero-order valence-electron chi connectivity index (χ0n) is 18.6. The number of benzene rings is 1. The first-order chi connectivity index (χ1) is 15.8. The first-order valence-corrected chi connectivity index (χ1v) is 11.4. The second-order valence-corrected chi connectivity index (χ2v) is 9.03. The molecule has 0 bridgehead atoms. The van der Waals surface area contributed by atoms with Crippen molar-refractivity contribution in [2.75, 3.05) is 30.4 Å². The van der Waals surface area contributed by atoms with Gasteiger partial charge in [0, 0.05) is 44.6 Å². The Morgan fingerprint density at radius 3 is 2.76 bits per heavy atom. The number of halogens is 2. The highest BCUT2D eigenvalue weighted by atomic mass is 32.1. The maximum Gasteiger partial charge on any atom is 0.275 e. The Labute approximate surface area is 194 Å². The predicted molar refractivity (Wildman–Crippen MR) is 123 cm³/mol. The second-order valence-electron chi connectivity index (χ2n) is 8.17. The first-order valence-electron chi connectivity index (χ1n) is 10.6. The monoisotopic (exact) mass is 476 g/mol. The van der Waals surface area contributed by atoms with Crippen LogP contribution < -0.4 is 16.0 Å². The van der Waals surface area contributed by atoms with Crippen molar-refractivity contribution in [3.05, 3.63) is 47.1 Å². The second kappa shape index (κ2) is 9.54. The number of nitrogens with one attached hydrogen (secondary N) is 1. The maximum absolute atomic E-state index is 14.1. The van der Waals surface area contributed by atoms with Crippen LogP contribution in [-0.4, -0.2) is 53.0 Å². The summed E-state index contributed by atoms with van der Waals surface area (Å²) in [5.41, 5.74) is 6.64. The summed E-state index contributed by atoms with van der Waals surface area (Å²) >= 11 is 1.00. The lowest BCUT2D eigenvalue weighted by molar-refractivity contribution is 0.0447. The molecule has 11 heteroatoms. The average molecular weight is 477 g/mol. The van der Waals surface area contributed by atoms with Crippen LogP contribution in [0.3, 0.4) is 0 Å². The van der Waals surface area contributed by atoms with Crippen LogP contribution in [0.4, 0.5) is 20.3 Å². The van der Waals surface area contributed by atoms with Crippen molar-refractivity contribution >= 4 is 28.7 Å². The number of thiazole rings is 1. The quantitative estimate of drug-likeness (QED) is 0.587. The van der Waals surface area contributed by atoms with E-state index in [1.54, 1.807) is 25.0 Å². The number of methoxy groups -OCH3 is 1. The zero-order valence-corrected chi connectivity index (χ0v) is 19.4. The molecule has 0 radical (unpaired) electrons. The third kappa shape index (κ3) is 4.61. The number of hydrogen-bond donors (Lipinski definition) is 2. The molecule has 176 valence electrons. The summed E-state index contributed by atoms with van der Waals surface area (Å²) in [6.07, 6.45) is 2.24. The van der Waals surface area contributed by atoms with E-state index < -0.39 is 17.5 Å². The molecular weight excluding hydrogens is 450 g/mol. The van der Waals surface area contributed by atoms with Gasteiger partial charge in [-0.05, 0) is 18.6 Å². The van der Waals surface area contributed by atoms with E-state index in [1.165, 1.54) is 11.4 Å². The molecule has 2 aromatic heterocycles. The van der Waals surface area contributed by atoms with Gasteiger partial charge in [-0.15, -0.1) is 11.3 Å². The number of carbonyl (C=O) groups is 1. The highest BCUT2D eigenvalue weighted by Gasteiger charge is 2.32. The number of ether oxygens (including phenoxy) is 1. The summed E-state index contributed by atoms with van der Waals surface area (Å²) in [5, 5.41) is 8.73. The van der Waals surface area contributed by atoms with Crippen LogP contribution in [0.5, 0.6) is 0 Å². The molecule has 1 aliphatic rings. The Kier molecular flexibility index (Phi) is 6.73. The molecular formula is C22H26F2N6O2S. The minimum absolute atomic E-state index is 0.0616. The van der Waals surface area contributed by atoms with Gasteiger partial charge in [-0.3, -0.25) is 9.48 Å². The lowest BCUT2D eigenvalue weighted by Gasteiger charge is -2.28. The lowest BCUT2D eigenvalue weighted by atomic mass is 9.98. The number of aryl methyl sites for hydroxylation is 1. The van der Waals surface area contributed by atoms with Crippen LogP contribution in [0, 0.1) is 17.6 Å². The van der Waals surface area contributed by atoms with Gasteiger partial charge >= 0.3 is 0 Å². The summed E-state index contributed by atoms with van der Waals surface area (Å²) in [6.45, 7) is 3.45.